The van der Waals surface area contributed by atoms with E-state index in [0.29, 0.717) is 5.41 Å². The molecule has 0 bridgehead atoms. The molecule has 0 aromatic carbocycles. The molecule has 0 heterocycles. The van der Waals surface area contributed by atoms with Gasteiger partial charge in [-0.05, 0) is 60.2 Å². The molecule has 6 unspecified atom stereocenters. The smallest absolute Gasteiger partial charge is 0.0292 e. The van der Waals surface area contributed by atoms with Gasteiger partial charge in [-0.1, -0.05) is 73.6 Å². The first-order chi connectivity index (χ1) is 9.92. The summed E-state index contributed by atoms with van der Waals surface area (Å²) < 4.78 is 0. The molecule has 0 aromatic heterocycles. The maximum Gasteiger partial charge on any atom is -0.0292 e. The number of rotatable bonds is 5. The second-order valence-electron chi connectivity index (χ2n) is 9.06. The lowest BCUT2D eigenvalue weighted by molar-refractivity contribution is -0.0657. The largest absolute Gasteiger partial charge is 0.0651 e. The summed E-state index contributed by atoms with van der Waals surface area (Å²) in [6.45, 7) is 14.8. The molecule has 0 heteroatoms. The molecule has 0 amide bonds. The van der Waals surface area contributed by atoms with E-state index in [1.54, 1.807) is 0 Å². The van der Waals surface area contributed by atoms with E-state index >= 15 is 0 Å². The highest BCUT2D eigenvalue weighted by atomic mass is 14.5. The summed E-state index contributed by atoms with van der Waals surface area (Å²) in [7, 11) is 0. The third-order valence-electron chi connectivity index (χ3n) is 7.51. The van der Waals surface area contributed by atoms with Gasteiger partial charge in [0.2, 0.25) is 0 Å². The van der Waals surface area contributed by atoms with Gasteiger partial charge in [-0.3, -0.25) is 0 Å². The summed E-state index contributed by atoms with van der Waals surface area (Å²) >= 11 is 0. The standard InChI is InChI=1S/C21H40/c1-7-19(15(3)4)17-10-9-11-18(13-12-17)20-16(5)14-21(20,6)8-2/h15-20H,7-14H2,1-6H3. The molecule has 6 atom stereocenters. The van der Waals surface area contributed by atoms with E-state index in [4.69, 9.17) is 0 Å². The van der Waals surface area contributed by atoms with Gasteiger partial charge in [-0.25, -0.2) is 0 Å². The van der Waals surface area contributed by atoms with Crippen LogP contribution >= 0.6 is 0 Å². The van der Waals surface area contributed by atoms with Crippen LogP contribution in [-0.4, -0.2) is 0 Å². The van der Waals surface area contributed by atoms with Crippen molar-refractivity contribution in [1.82, 2.24) is 0 Å². The predicted octanol–water partition coefficient (Wildman–Crippen LogP) is 6.94. The third kappa shape index (κ3) is 3.50. The summed E-state index contributed by atoms with van der Waals surface area (Å²) in [5.41, 5.74) is 0.673. The Bertz CT molecular complexity index is 318. The lowest BCUT2D eigenvalue weighted by atomic mass is 9.49. The highest BCUT2D eigenvalue weighted by Gasteiger charge is 2.50. The third-order valence-corrected chi connectivity index (χ3v) is 7.51. The molecular formula is C21H40. The van der Waals surface area contributed by atoms with E-state index in [9.17, 15) is 0 Å². The van der Waals surface area contributed by atoms with Gasteiger partial charge >= 0.3 is 0 Å². The van der Waals surface area contributed by atoms with Crippen molar-refractivity contribution in [2.45, 2.75) is 92.9 Å². The van der Waals surface area contributed by atoms with Crippen LogP contribution in [0.15, 0.2) is 0 Å². The molecule has 2 fully saturated rings. The second kappa shape index (κ2) is 7.05. The lowest BCUT2D eigenvalue weighted by Gasteiger charge is -2.56. The summed E-state index contributed by atoms with van der Waals surface area (Å²) in [6.07, 6.45) is 11.8. The molecule has 2 rings (SSSR count). The zero-order valence-electron chi connectivity index (χ0n) is 15.6. The van der Waals surface area contributed by atoms with Crippen LogP contribution in [0, 0.1) is 40.9 Å². The van der Waals surface area contributed by atoms with Crippen LogP contribution < -0.4 is 0 Å². The van der Waals surface area contributed by atoms with Crippen molar-refractivity contribution in [3.8, 4) is 0 Å². The molecule has 0 N–H and O–H groups in total. The predicted molar refractivity (Wildman–Crippen MR) is 94.4 cm³/mol. The Balaban J connectivity index is 1.98. The highest BCUT2D eigenvalue weighted by molar-refractivity contribution is 4.99. The Labute approximate surface area is 134 Å². The van der Waals surface area contributed by atoms with Crippen molar-refractivity contribution in [3.63, 3.8) is 0 Å². The van der Waals surface area contributed by atoms with Gasteiger partial charge in [-0.2, -0.15) is 0 Å². The fourth-order valence-electron chi connectivity index (χ4n) is 6.43. The molecule has 2 aliphatic carbocycles. The Hall–Kier alpha value is 0. The average molecular weight is 293 g/mol. The Kier molecular flexibility index (Phi) is 5.83. The summed E-state index contributed by atoms with van der Waals surface area (Å²) in [6, 6.07) is 0. The van der Waals surface area contributed by atoms with Gasteiger partial charge in [0.25, 0.3) is 0 Å². The first-order valence-corrected chi connectivity index (χ1v) is 9.92. The molecule has 21 heavy (non-hydrogen) atoms. The minimum Gasteiger partial charge on any atom is -0.0651 e. The van der Waals surface area contributed by atoms with E-state index in [2.05, 4.69) is 41.5 Å². The van der Waals surface area contributed by atoms with Gasteiger partial charge in [0.15, 0.2) is 0 Å². The van der Waals surface area contributed by atoms with Gasteiger partial charge in [-0.15, -0.1) is 0 Å². The fraction of sp³-hybridized carbons (Fsp3) is 1.00. The SMILES string of the molecule is CCC(C(C)C)C1CCCC(C2C(C)CC2(C)CC)CC1. The minimum absolute atomic E-state index is 0.673. The monoisotopic (exact) mass is 292 g/mol. The molecule has 0 nitrogen and oxygen atoms in total. The zero-order chi connectivity index (χ0) is 15.6. The van der Waals surface area contributed by atoms with Crippen molar-refractivity contribution in [3.05, 3.63) is 0 Å². The topological polar surface area (TPSA) is 0 Å². The average Bonchev–Trinajstić information content (AvgIpc) is 2.65. The molecule has 2 aliphatic rings. The quantitative estimate of drug-likeness (QED) is 0.481. The summed E-state index contributed by atoms with van der Waals surface area (Å²) in [5, 5.41) is 0. The maximum atomic E-state index is 2.57. The molecule has 2 saturated carbocycles. The van der Waals surface area contributed by atoms with Crippen molar-refractivity contribution < 1.29 is 0 Å². The van der Waals surface area contributed by atoms with Crippen LogP contribution in [0.1, 0.15) is 92.9 Å². The van der Waals surface area contributed by atoms with Crippen molar-refractivity contribution >= 4 is 0 Å². The van der Waals surface area contributed by atoms with Gasteiger partial charge < -0.3 is 0 Å². The summed E-state index contributed by atoms with van der Waals surface area (Å²) in [4.78, 5) is 0. The van der Waals surface area contributed by atoms with Crippen LogP contribution in [-0.2, 0) is 0 Å². The van der Waals surface area contributed by atoms with Crippen LogP contribution in [0.2, 0.25) is 0 Å². The Morgan fingerprint density at radius 1 is 1.05 bits per heavy atom. The van der Waals surface area contributed by atoms with Crippen LogP contribution in [0.5, 0.6) is 0 Å². The normalized spacial score (nSPS) is 42.4. The van der Waals surface area contributed by atoms with E-state index in [-0.39, 0.29) is 0 Å². The number of hydrogen-bond donors (Lipinski definition) is 0. The highest BCUT2D eigenvalue weighted by Crippen LogP contribution is 2.58. The lowest BCUT2D eigenvalue weighted by Crippen LogP contribution is -2.48. The molecular weight excluding hydrogens is 252 g/mol. The molecule has 0 radical (unpaired) electrons. The number of hydrogen-bond acceptors (Lipinski definition) is 0. The Morgan fingerprint density at radius 2 is 1.76 bits per heavy atom. The molecule has 0 aliphatic heterocycles. The maximum absolute atomic E-state index is 2.57. The fourth-order valence-corrected chi connectivity index (χ4v) is 6.43. The van der Waals surface area contributed by atoms with Crippen molar-refractivity contribution in [1.29, 1.82) is 0 Å². The van der Waals surface area contributed by atoms with Crippen molar-refractivity contribution in [2.75, 3.05) is 0 Å². The van der Waals surface area contributed by atoms with E-state index < -0.39 is 0 Å². The molecule has 124 valence electrons. The first-order valence-electron chi connectivity index (χ1n) is 9.92. The second-order valence-corrected chi connectivity index (χ2v) is 9.06. The molecule has 0 aromatic rings. The van der Waals surface area contributed by atoms with Crippen LogP contribution in [0.4, 0.5) is 0 Å². The minimum atomic E-state index is 0.673. The van der Waals surface area contributed by atoms with E-state index in [1.807, 2.05) is 0 Å². The van der Waals surface area contributed by atoms with Crippen molar-refractivity contribution in [2.24, 2.45) is 40.9 Å². The first kappa shape index (κ1) is 17.4. The van der Waals surface area contributed by atoms with Crippen LogP contribution in [0.25, 0.3) is 0 Å². The zero-order valence-corrected chi connectivity index (χ0v) is 15.6. The van der Waals surface area contributed by atoms with Gasteiger partial charge in [0, 0.05) is 0 Å². The molecule has 0 spiro atoms. The summed E-state index contributed by atoms with van der Waals surface area (Å²) in [5.74, 6) is 5.92. The van der Waals surface area contributed by atoms with Crippen LogP contribution in [0.3, 0.4) is 0 Å². The van der Waals surface area contributed by atoms with E-state index in [1.165, 1.54) is 51.4 Å². The molecule has 0 saturated heterocycles. The Morgan fingerprint density at radius 3 is 2.29 bits per heavy atom. The van der Waals surface area contributed by atoms with Gasteiger partial charge in [0.1, 0.15) is 0 Å². The van der Waals surface area contributed by atoms with Gasteiger partial charge in [0.05, 0.1) is 0 Å². The van der Waals surface area contributed by atoms with E-state index in [0.717, 1.165) is 35.5 Å².